The molecule has 1 aliphatic rings. The summed E-state index contributed by atoms with van der Waals surface area (Å²) in [5.41, 5.74) is 2.22. The highest BCUT2D eigenvalue weighted by Gasteiger charge is 2.31. The Kier molecular flexibility index (Phi) is 5.83. The van der Waals surface area contributed by atoms with Gasteiger partial charge in [0.05, 0.1) is 5.60 Å². The number of nitrogens with one attached hydrogen (secondary N) is 1. The summed E-state index contributed by atoms with van der Waals surface area (Å²) in [7, 11) is 0. The van der Waals surface area contributed by atoms with Crippen molar-refractivity contribution in [2.75, 3.05) is 6.54 Å². The molecular weight excluding hydrogens is 258 g/mol. The van der Waals surface area contributed by atoms with Crippen LogP contribution in [0.15, 0.2) is 24.3 Å². The van der Waals surface area contributed by atoms with Gasteiger partial charge in [0.1, 0.15) is 0 Å². The Hall–Kier alpha value is -0.860. The molecule has 0 amide bonds. The molecular formula is C19H31NO. The summed E-state index contributed by atoms with van der Waals surface area (Å²) in [4.78, 5) is 0. The Labute approximate surface area is 130 Å². The fourth-order valence-electron chi connectivity index (χ4n) is 3.50. The van der Waals surface area contributed by atoms with Gasteiger partial charge in [-0.1, -0.05) is 57.9 Å². The molecule has 0 spiro atoms. The second kappa shape index (κ2) is 7.42. The van der Waals surface area contributed by atoms with Crippen LogP contribution in [0.3, 0.4) is 0 Å². The van der Waals surface area contributed by atoms with E-state index in [9.17, 15) is 5.11 Å². The van der Waals surface area contributed by atoms with Crippen LogP contribution in [-0.4, -0.2) is 17.3 Å². The average molecular weight is 289 g/mol. The summed E-state index contributed by atoms with van der Waals surface area (Å²) < 4.78 is 0. The van der Waals surface area contributed by atoms with Crippen LogP contribution < -0.4 is 5.32 Å². The van der Waals surface area contributed by atoms with Crippen LogP contribution in [0.1, 0.15) is 57.6 Å². The Bertz CT molecular complexity index is 426. The minimum absolute atomic E-state index is 0.491. The summed E-state index contributed by atoms with van der Waals surface area (Å²) >= 11 is 0. The predicted octanol–water partition coefficient (Wildman–Crippen LogP) is 3.92. The van der Waals surface area contributed by atoms with Gasteiger partial charge in [0, 0.05) is 13.1 Å². The van der Waals surface area contributed by atoms with Crippen molar-refractivity contribution < 1.29 is 5.11 Å². The molecule has 0 aliphatic heterocycles. The summed E-state index contributed by atoms with van der Waals surface area (Å²) in [6.07, 6.45) is 5.44. The summed E-state index contributed by atoms with van der Waals surface area (Å²) in [6.45, 7) is 8.31. The van der Waals surface area contributed by atoms with E-state index in [1.165, 1.54) is 17.5 Å². The van der Waals surface area contributed by atoms with Gasteiger partial charge in [-0.25, -0.2) is 0 Å². The second-order valence-electron chi connectivity index (χ2n) is 7.44. The first-order valence-electron chi connectivity index (χ1n) is 8.48. The zero-order valence-electron chi connectivity index (χ0n) is 13.9. The summed E-state index contributed by atoms with van der Waals surface area (Å²) in [6, 6.07) is 8.87. The second-order valence-corrected chi connectivity index (χ2v) is 7.44. The van der Waals surface area contributed by atoms with Crippen LogP contribution >= 0.6 is 0 Å². The molecule has 21 heavy (non-hydrogen) atoms. The van der Waals surface area contributed by atoms with E-state index in [4.69, 9.17) is 0 Å². The predicted molar refractivity (Wildman–Crippen MR) is 89.3 cm³/mol. The van der Waals surface area contributed by atoms with E-state index in [0.717, 1.165) is 32.2 Å². The first kappa shape index (κ1) is 16.5. The normalized spacial score (nSPS) is 26.2. The largest absolute Gasteiger partial charge is 0.389 e. The lowest BCUT2D eigenvalue weighted by Crippen LogP contribution is -2.43. The molecule has 0 saturated heterocycles. The fourth-order valence-corrected chi connectivity index (χ4v) is 3.50. The maximum Gasteiger partial charge on any atom is 0.0774 e. The van der Waals surface area contributed by atoms with Gasteiger partial charge >= 0.3 is 0 Å². The van der Waals surface area contributed by atoms with E-state index in [1.54, 1.807) is 0 Å². The Morgan fingerprint density at radius 1 is 1.24 bits per heavy atom. The van der Waals surface area contributed by atoms with Gasteiger partial charge in [0.15, 0.2) is 0 Å². The zero-order chi connectivity index (χ0) is 15.3. The van der Waals surface area contributed by atoms with Crippen molar-refractivity contribution in [1.82, 2.24) is 5.32 Å². The molecule has 0 heterocycles. The fraction of sp³-hybridized carbons (Fsp3) is 0.684. The molecule has 1 aromatic rings. The first-order valence-corrected chi connectivity index (χ1v) is 8.48. The molecule has 0 radical (unpaired) electrons. The molecule has 2 N–H and O–H groups in total. The molecule has 1 aliphatic carbocycles. The zero-order valence-corrected chi connectivity index (χ0v) is 13.9. The molecule has 0 aromatic heterocycles. The van der Waals surface area contributed by atoms with E-state index in [2.05, 4.69) is 50.4 Å². The highest BCUT2D eigenvalue weighted by molar-refractivity contribution is 5.22. The third-order valence-corrected chi connectivity index (χ3v) is 4.52. The van der Waals surface area contributed by atoms with Crippen molar-refractivity contribution in [2.24, 2.45) is 11.8 Å². The van der Waals surface area contributed by atoms with Crippen LogP contribution in [-0.2, 0) is 13.0 Å². The smallest absolute Gasteiger partial charge is 0.0774 e. The minimum Gasteiger partial charge on any atom is -0.389 e. The van der Waals surface area contributed by atoms with E-state index in [0.29, 0.717) is 18.4 Å². The molecule has 2 unspecified atom stereocenters. The molecule has 2 heteroatoms. The summed E-state index contributed by atoms with van der Waals surface area (Å²) in [5.74, 6) is 1.36. The average Bonchev–Trinajstić information content (AvgIpc) is 2.39. The number of rotatable bonds is 6. The van der Waals surface area contributed by atoms with E-state index >= 15 is 0 Å². The number of hydrogen-bond donors (Lipinski definition) is 2. The van der Waals surface area contributed by atoms with Crippen molar-refractivity contribution in [3.8, 4) is 0 Å². The number of benzene rings is 1. The third-order valence-electron chi connectivity index (χ3n) is 4.52. The van der Waals surface area contributed by atoms with Crippen molar-refractivity contribution >= 4 is 0 Å². The van der Waals surface area contributed by atoms with Crippen LogP contribution in [0.5, 0.6) is 0 Å². The quantitative estimate of drug-likeness (QED) is 0.832. The van der Waals surface area contributed by atoms with Gasteiger partial charge in [0.25, 0.3) is 0 Å². The lowest BCUT2D eigenvalue weighted by Gasteiger charge is -2.35. The molecule has 118 valence electrons. The van der Waals surface area contributed by atoms with Gasteiger partial charge in [-0.05, 0) is 42.2 Å². The SMILES string of the molecule is CC(C)Cc1ccc(CNCC2(O)CCCC(C)C2)cc1. The molecule has 0 bridgehead atoms. The molecule has 1 saturated carbocycles. The summed E-state index contributed by atoms with van der Waals surface area (Å²) in [5, 5.41) is 14.0. The van der Waals surface area contributed by atoms with E-state index < -0.39 is 5.60 Å². The molecule has 2 rings (SSSR count). The topological polar surface area (TPSA) is 32.3 Å². The maximum atomic E-state index is 10.6. The van der Waals surface area contributed by atoms with Crippen molar-refractivity contribution in [3.05, 3.63) is 35.4 Å². The minimum atomic E-state index is -0.491. The molecule has 2 nitrogen and oxygen atoms in total. The molecule has 1 fully saturated rings. The van der Waals surface area contributed by atoms with Gasteiger partial charge in [0.2, 0.25) is 0 Å². The lowest BCUT2D eigenvalue weighted by atomic mass is 9.79. The van der Waals surface area contributed by atoms with Gasteiger partial charge in [-0.15, -0.1) is 0 Å². The Morgan fingerprint density at radius 3 is 2.52 bits per heavy atom. The Morgan fingerprint density at radius 2 is 1.90 bits per heavy atom. The standard InChI is InChI=1S/C19H31NO/c1-15(2)11-17-6-8-18(9-7-17)13-20-14-19(21)10-4-5-16(3)12-19/h6-9,15-16,20-21H,4-5,10-14H2,1-3H3. The van der Waals surface area contributed by atoms with Crippen LogP contribution in [0, 0.1) is 11.8 Å². The van der Waals surface area contributed by atoms with Crippen molar-refractivity contribution in [3.63, 3.8) is 0 Å². The van der Waals surface area contributed by atoms with E-state index in [1.807, 2.05) is 0 Å². The van der Waals surface area contributed by atoms with Crippen molar-refractivity contribution in [2.45, 2.75) is 65.0 Å². The first-order chi connectivity index (χ1) is 9.97. The van der Waals surface area contributed by atoms with Gasteiger partial charge < -0.3 is 10.4 Å². The monoisotopic (exact) mass is 289 g/mol. The Balaban J connectivity index is 1.77. The van der Waals surface area contributed by atoms with Crippen LogP contribution in [0.4, 0.5) is 0 Å². The van der Waals surface area contributed by atoms with Gasteiger partial charge in [-0.3, -0.25) is 0 Å². The van der Waals surface area contributed by atoms with E-state index in [-0.39, 0.29) is 0 Å². The molecule has 1 aromatic carbocycles. The molecule has 2 atom stereocenters. The highest BCUT2D eigenvalue weighted by Crippen LogP contribution is 2.31. The highest BCUT2D eigenvalue weighted by atomic mass is 16.3. The number of hydrogen-bond acceptors (Lipinski definition) is 2. The number of aliphatic hydroxyl groups is 1. The third kappa shape index (κ3) is 5.44. The maximum absolute atomic E-state index is 10.6. The van der Waals surface area contributed by atoms with Gasteiger partial charge in [-0.2, -0.15) is 0 Å². The van der Waals surface area contributed by atoms with Crippen LogP contribution in [0.2, 0.25) is 0 Å². The lowest BCUT2D eigenvalue weighted by molar-refractivity contribution is -0.0119. The van der Waals surface area contributed by atoms with Crippen molar-refractivity contribution in [1.29, 1.82) is 0 Å². The van der Waals surface area contributed by atoms with Crippen LogP contribution in [0.25, 0.3) is 0 Å².